The van der Waals surface area contributed by atoms with Gasteiger partial charge in [-0.3, -0.25) is 0 Å². The van der Waals surface area contributed by atoms with E-state index in [9.17, 15) is 17.6 Å². The summed E-state index contributed by atoms with van der Waals surface area (Å²) in [4.78, 5) is 0. The molecule has 0 unspecified atom stereocenters. The third-order valence-corrected chi connectivity index (χ3v) is 0.734. The number of hydrogen-bond acceptors (Lipinski definition) is 1. The van der Waals surface area contributed by atoms with Crippen molar-refractivity contribution >= 4 is 0 Å². The SMILES string of the molecule is CC(F)(F)CNCC(F)F. The van der Waals surface area contributed by atoms with E-state index in [0.717, 1.165) is 0 Å². The lowest BCUT2D eigenvalue weighted by atomic mass is 10.4. The topological polar surface area (TPSA) is 12.0 Å². The number of halogens is 4. The molecule has 10 heavy (non-hydrogen) atoms. The molecule has 0 aromatic rings. The number of alkyl halides is 4. The summed E-state index contributed by atoms with van der Waals surface area (Å²) in [5.41, 5.74) is 0. The molecule has 0 bridgehead atoms. The Kier molecular flexibility index (Phi) is 3.63. The van der Waals surface area contributed by atoms with Crippen LogP contribution in [-0.2, 0) is 0 Å². The minimum absolute atomic E-state index is 0.672. The Labute approximate surface area is 56.4 Å². The van der Waals surface area contributed by atoms with Crippen LogP contribution in [0.2, 0.25) is 0 Å². The second-order valence-electron chi connectivity index (χ2n) is 2.09. The summed E-state index contributed by atoms with van der Waals surface area (Å²) < 4.78 is 46.3. The summed E-state index contributed by atoms with van der Waals surface area (Å²) in [6.07, 6.45) is -2.57. The molecule has 0 rings (SSSR count). The Bertz CT molecular complexity index is 88.1. The number of rotatable bonds is 4. The largest absolute Gasteiger partial charge is 0.306 e. The van der Waals surface area contributed by atoms with Crippen molar-refractivity contribution in [2.45, 2.75) is 19.3 Å². The second kappa shape index (κ2) is 3.75. The van der Waals surface area contributed by atoms with Crippen molar-refractivity contribution in [3.05, 3.63) is 0 Å². The van der Waals surface area contributed by atoms with Crippen LogP contribution >= 0.6 is 0 Å². The summed E-state index contributed by atoms with van der Waals surface area (Å²) in [6.45, 7) is -0.702. The van der Waals surface area contributed by atoms with Crippen LogP contribution in [0.3, 0.4) is 0 Å². The average molecular weight is 159 g/mol. The maximum Gasteiger partial charge on any atom is 0.257 e. The third kappa shape index (κ3) is 7.68. The summed E-state index contributed by atoms with van der Waals surface area (Å²) in [7, 11) is 0. The Morgan fingerprint density at radius 2 is 1.90 bits per heavy atom. The Morgan fingerprint density at radius 3 is 2.20 bits per heavy atom. The highest BCUT2D eigenvalue weighted by atomic mass is 19.3. The van der Waals surface area contributed by atoms with Gasteiger partial charge in [-0.15, -0.1) is 0 Å². The zero-order valence-corrected chi connectivity index (χ0v) is 5.50. The number of nitrogens with one attached hydrogen (secondary N) is 1. The average Bonchev–Trinajstić information content (AvgIpc) is 1.59. The fourth-order valence-corrected chi connectivity index (χ4v) is 0.401. The second-order valence-corrected chi connectivity index (χ2v) is 2.09. The molecule has 62 valence electrons. The van der Waals surface area contributed by atoms with E-state index < -0.39 is 25.4 Å². The van der Waals surface area contributed by atoms with Gasteiger partial charge >= 0.3 is 0 Å². The molecule has 1 N–H and O–H groups in total. The zero-order chi connectivity index (χ0) is 8.20. The highest BCUT2D eigenvalue weighted by molar-refractivity contribution is 4.61. The summed E-state index contributed by atoms with van der Waals surface area (Å²) >= 11 is 0. The highest BCUT2D eigenvalue weighted by Gasteiger charge is 2.20. The predicted molar refractivity (Wildman–Crippen MR) is 29.5 cm³/mol. The van der Waals surface area contributed by atoms with Gasteiger partial charge < -0.3 is 5.32 Å². The van der Waals surface area contributed by atoms with Crippen molar-refractivity contribution in [2.24, 2.45) is 0 Å². The van der Waals surface area contributed by atoms with Crippen LogP contribution < -0.4 is 5.32 Å². The van der Waals surface area contributed by atoms with Crippen molar-refractivity contribution in [3.63, 3.8) is 0 Å². The van der Waals surface area contributed by atoms with E-state index in [2.05, 4.69) is 0 Å². The summed E-state index contributed by atoms with van der Waals surface area (Å²) in [5.74, 6) is -2.91. The van der Waals surface area contributed by atoms with Crippen molar-refractivity contribution in [2.75, 3.05) is 13.1 Å². The van der Waals surface area contributed by atoms with Gasteiger partial charge in [-0.25, -0.2) is 17.6 Å². The van der Waals surface area contributed by atoms with Crippen molar-refractivity contribution in [1.82, 2.24) is 5.32 Å². The molecule has 0 fully saturated rings. The third-order valence-electron chi connectivity index (χ3n) is 0.734. The normalized spacial score (nSPS) is 12.6. The standard InChI is InChI=1S/C5H9F4N/c1-5(8,9)3-10-2-4(6)7/h4,10H,2-3H2,1H3. The van der Waals surface area contributed by atoms with Gasteiger partial charge in [-0.05, 0) is 0 Å². The molecule has 0 amide bonds. The fourth-order valence-electron chi connectivity index (χ4n) is 0.401. The molecular weight excluding hydrogens is 150 g/mol. The van der Waals surface area contributed by atoms with Gasteiger partial charge in [0.1, 0.15) is 0 Å². The first-order chi connectivity index (χ1) is 4.42. The van der Waals surface area contributed by atoms with E-state index in [-0.39, 0.29) is 0 Å². The maximum absolute atomic E-state index is 11.9. The first-order valence-corrected chi connectivity index (χ1v) is 2.78. The van der Waals surface area contributed by atoms with Gasteiger partial charge in [-0.1, -0.05) is 0 Å². The predicted octanol–water partition coefficient (Wildman–Crippen LogP) is 1.50. The van der Waals surface area contributed by atoms with Crippen LogP contribution in [0.1, 0.15) is 6.92 Å². The molecular formula is C5H9F4N. The van der Waals surface area contributed by atoms with Gasteiger partial charge in [0.15, 0.2) is 0 Å². The Hall–Kier alpha value is -0.320. The van der Waals surface area contributed by atoms with Crippen LogP contribution in [0, 0.1) is 0 Å². The van der Waals surface area contributed by atoms with E-state index in [4.69, 9.17) is 0 Å². The van der Waals surface area contributed by atoms with Gasteiger partial charge in [0.25, 0.3) is 12.3 Å². The van der Waals surface area contributed by atoms with Crippen LogP contribution in [0.5, 0.6) is 0 Å². The molecule has 0 radical (unpaired) electrons. The maximum atomic E-state index is 11.9. The Morgan fingerprint density at radius 1 is 1.40 bits per heavy atom. The van der Waals surface area contributed by atoms with E-state index in [1.54, 1.807) is 0 Å². The van der Waals surface area contributed by atoms with Crippen LogP contribution in [0.4, 0.5) is 17.6 Å². The van der Waals surface area contributed by atoms with Crippen molar-refractivity contribution in [3.8, 4) is 0 Å². The molecule has 0 saturated heterocycles. The fraction of sp³-hybridized carbons (Fsp3) is 1.00. The zero-order valence-electron chi connectivity index (χ0n) is 5.50. The van der Waals surface area contributed by atoms with E-state index >= 15 is 0 Å². The molecule has 0 aromatic heterocycles. The minimum atomic E-state index is -2.91. The lowest BCUT2D eigenvalue weighted by molar-refractivity contribution is 0.0183. The van der Waals surface area contributed by atoms with Crippen LogP contribution in [0.15, 0.2) is 0 Å². The quantitative estimate of drug-likeness (QED) is 0.613. The monoisotopic (exact) mass is 159 g/mol. The molecule has 0 aliphatic rings. The van der Waals surface area contributed by atoms with Crippen molar-refractivity contribution < 1.29 is 17.6 Å². The first kappa shape index (κ1) is 9.68. The summed E-state index contributed by atoms with van der Waals surface area (Å²) in [5, 5.41) is 1.92. The molecule has 0 heterocycles. The molecule has 0 aromatic carbocycles. The lowest BCUT2D eigenvalue weighted by Gasteiger charge is -2.10. The smallest absolute Gasteiger partial charge is 0.257 e. The lowest BCUT2D eigenvalue weighted by Crippen LogP contribution is -2.32. The number of hydrogen-bond donors (Lipinski definition) is 1. The van der Waals surface area contributed by atoms with Gasteiger partial charge in [0.05, 0.1) is 13.1 Å². The van der Waals surface area contributed by atoms with Gasteiger partial charge in [0, 0.05) is 6.92 Å². The van der Waals surface area contributed by atoms with Crippen LogP contribution in [0.25, 0.3) is 0 Å². The Balaban J connectivity index is 3.21. The molecule has 1 nitrogen and oxygen atoms in total. The highest BCUT2D eigenvalue weighted by Crippen LogP contribution is 2.08. The van der Waals surface area contributed by atoms with Crippen molar-refractivity contribution in [1.29, 1.82) is 0 Å². The van der Waals surface area contributed by atoms with Crippen LogP contribution in [-0.4, -0.2) is 25.4 Å². The first-order valence-electron chi connectivity index (χ1n) is 2.78. The summed E-state index contributed by atoms with van der Waals surface area (Å²) in [6, 6.07) is 0. The van der Waals surface area contributed by atoms with Gasteiger partial charge in [0.2, 0.25) is 0 Å². The molecule has 0 saturated carbocycles. The van der Waals surface area contributed by atoms with E-state index in [1.807, 2.05) is 5.32 Å². The molecule has 0 atom stereocenters. The van der Waals surface area contributed by atoms with E-state index in [1.165, 1.54) is 0 Å². The molecule has 0 aliphatic heterocycles. The minimum Gasteiger partial charge on any atom is -0.306 e. The molecule has 0 spiro atoms. The van der Waals surface area contributed by atoms with Gasteiger partial charge in [-0.2, -0.15) is 0 Å². The van der Waals surface area contributed by atoms with E-state index in [0.29, 0.717) is 6.92 Å². The molecule has 0 aliphatic carbocycles. The molecule has 5 heteroatoms.